The van der Waals surface area contributed by atoms with Gasteiger partial charge in [-0.3, -0.25) is 0 Å². The molecule has 0 fully saturated rings. The zero-order valence-electron chi connectivity index (χ0n) is 10.9. The summed E-state index contributed by atoms with van der Waals surface area (Å²) in [7, 11) is 1.62. The molecule has 0 spiro atoms. The lowest BCUT2D eigenvalue weighted by Gasteiger charge is -2.09. The smallest absolute Gasteiger partial charge is 0.224 e. The Morgan fingerprint density at radius 1 is 1.26 bits per heavy atom. The van der Waals surface area contributed by atoms with E-state index in [0.29, 0.717) is 5.88 Å². The normalized spacial score (nSPS) is 10.8. The van der Waals surface area contributed by atoms with E-state index in [1.54, 1.807) is 13.4 Å². The number of fused-ring (bicyclic) bond motifs is 1. The van der Waals surface area contributed by atoms with Crippen LogP contribution in [-0.4, -0.2) is 26.9 Å². The lowest BCUT2D eigenvalue weighted by molar-refractivity contribution is 0.400. The summed E-state index contributed by atoms with van der Waals surface area (Å²) in [6.45, 7) is 2.78. The number of aromatic nitrogens is 4. The Morgan fingerprint density at radius 2 is 2.11 bits per heavy atom. The van der Waals surface area contributed by atoms with Crippen LogP contribution in [0.2, 0.25) is 0 Å². The predicted octanol–water partition coefficient (Wildman–Crippen LogP) is 2.52. The molecule has 2 aromatic heterocycles. The molecular weight excluding hydrogens is 240 g/mol. The topological polar surface area (TPSA) is 52.8 Å². The van der Waals surface area contributed by atoms with Crippen LogP contribution in [0, 0.1) is 0 Å². The highest BCUT2D eigenvalue weighted by molar-refractivity contribution is 5.84. The highest BCUT2D eigenvalue weighted by Gasteiger charge is 2.14. The molecule has 0 amide bonds. The minimum absolute atomic E-state index is 0.571. The summed E-state index contributed by atoms with van der Waals surface area (Å²) in [6, 6.07) is 9.98. The maximum Gasteiger partial charge on any atom is 0.224 e. The van der Waals surface area contributed by atoms with Gasteiger partial charge in [0.05, 0.1) is 18.2 Å². The largest absolute Gasteiger partial charge is 0.480 e. The Balaban J connectivity index is 2.27. The van der Waals surface area contributed by atoms with E-state index in [1.807, 2.05) is 41.9 Å². The van der Waals surface area contributed by atoms with E-state index < -0.39 is 0 Å². The second kappa shape index (κ2) is 4.68. The minimum Gasteiger partial charge on any atom is -0.480 e. The standard InChI is InChI=1S/C14H14N4O/c1-3-18-13(15-9-16-18)11-8-10-6-4-5-7-12(10)17-14(11)19-2/h4-9H,3H2,1-2H3. The number of rotatable bonds is 3. The minimum atomic E-state index is 0.571. The van der Waals surface area contributed by atoms with Gasteiger partial charge in [-0.15, -0.1) is 0 Å². The number of hydrogen-bond acceptors (Lipinski definition) is 4. The third-order valence-corrected chi connectivity index (χ3v) is 3.04. The molecule has 0 saturated carbocycles. The Morgan fingerprint density at radius 3 is 2.89 bits per heavy atom. The molecule has 3 aromatic rings. The number of benzene rings is 1. The summed E-state index contributed by atoms with van der Waals surface area (Å²) in [5.41, 5.74) is 1.77. The Kier molecular flexibility index (Phi) is 2.87. The quantitative estimate of drug-likeness (QED) is 0.720. The van der Waals surface area contributed by atoms with Gasteiger partial charge in [0, 0.05) is 11.9 Å². The average molecular weight is 254 g/mol. The predicted molar refractivity (Wildman–Crippen MR) is 73.0 cm³/mol. The lowest BCUT2D eigenvalue weighted by atomic mass is 10.1. The molecule has 96 valence electrons. The van der Waals surface area contributed by atoms with Crippen LogP contribution in [0.4, 0.5) is 0 Å². The van der Waals surface area contributed by atoms with Gasteiger partial charge in [-0.2, -0.15) is 5.10 Å². The van der Waals surface area contributed by atoms with Crippen LogP contribution < -0.4 is 4.74 Å². The van der Waals surface area contributed by atoms with E-state index in [9.17, 15) is 0 Å². The van der Waals surface area contributed by atoms with Gasteiger partial charge in [0.1, 0.15) is 6.33 Å². The number of nitrogens with zero attached hydrogens (tertiary/aromatic N) is 4. The van der Waals surface area contributed by atoms with Crippen molar-refractivity contribution in [2.45, 2.75) is 13.5 Å². The van der Waals surface area contributed by atoms with Crippen LogP contribution in [0.15, 0.2) is 36.7 Å². The van der Waals surface area contributed by atoms with Crippen LogP contribution in [0.1, 0.15) is 6.92 Å². The zero-order chi connectivity index (χ0) is 13.2. The van der Waals surface area contributed by atoms with Gasteiger partial charge in [-0.25, -0.2) is 14.6 Å². The first kappa shape index (κ1) is 11.6. The Bertz CT molecular complexity index is 720. The van der Waals surface area contributed by atoms with Crippen molar-refractivity contribution in [2.24, 2.45) is 0 Å². The number of hydrogen-bond donors (Lipinski definition) is 0. The third-order valence-electron chi connectivity index (χ3n) is 3.04. The molecule has 0 atom stereocenters. The van der Waals surface area contributed by atoms with Crippen LogP contribution >= 0.6 is 0 Å². The molecule has 0 aliphatic heterocycles. The molecular formula is C14H14N4O. The molecule has 5 nitrogen and oxygen atoms in total. The molecule has 0 N–H and O–H groups in total. The molecule has 0 saturated heterocycles. The zero-order valence-corrected chi connectivity index (χ0v) is 10.9. The van der Waals surface area contributed by atoms with Crippen molar-refractivity contribution in [3.05, 3.63) is 36.7 Å². The van der Waals surface area contributed by atoms with Crippen LogP contribution in [0.5, 0.6) is 5.88 Å². The molecule has 0 bridgehead atoms. The summed E-state index contributed by atoms with van der Waals surface area (Å²) in [4.78, 5) is 8.83. The maximum absolute atomic E-state index is 5.38. The maximum atomic E-state index is 5.38. The molecule has 0 aliphatic carbocycles. The highest BCUT2D eigenvalue weighted by atomic mass is 16.5. The van der Waals surface area contributed by atoms with Crippen molar-refractivity contribution in [2.75, 3.05) is 7.11 Å². The summed E-state index contributed by atoms with van der Waals surface area (Å²) in [6.07, 6.45) is 1.55. The molecule has 0 aliphatic rings. The summed E-state index contributed by atoms with van der Waals surface area (Å²) in [5, 5.41) is 5.25. The monoisotopic (exact) mass is 254 g/mol. The lowest BCUT2D eigenvalue weighted by Crippen LogP contribution is -2.02. The van der Waals surface area contributed by atoms with Crippen molar-refractivity contribution >= 4 is 10.9 Å². The number of ether oxygens (including phenoxy) is 1. The fourth-order valence-corrected chi connectivity index (χ4v) is 2.12. The Hall–Kier alpha value is -2.43. The molecule has 19 heavy (non-hydrogen) atoms. The third kappa shape index (κ3) is 1.93. The van der Waals surface area contributed by atoms with Crippen molar-refractivity contribution in [3.63, 3.8) is 0 Å². The van der Waals surface area contributed by atoms with Gasteiger partial charge in [0.25, 0.3) is 0 Å². The summed E-state index contributed by atoms with van der Waals surface area (Å²) >= 11 is 0. The molecule has 2 heterocycles. The molecule has 0 unspecified atom stereocenters. The first-order chi connectivity index (χ1) is 9.33. The van der Waals surface area contributed by atoms with E-state index in [0.717, 1.165) is 28.8 Å². The van der Waals surface area contributed by atoms with E-state index in [-0.39, 0.29) is 0 Å². The van der Waals surface area contributed by atoms with Gasteiger partial charge in [-0.05, 0) is 19.1 Å². The van der Waals surface area contributed by atoms with Crippen LogP contribution in [-0.2, 0) is 6.54 Å². The molecule has 1 aromatic carbocycles. The van der Waals surface area contributed by atoms with Crippen LogP contribution in [0.3, 0.4) is 0 Å². The van der Waals surface area contributed by atoms with Crippen molar-refractivity contribution in [3.8, 4) is 17.3 Å². The first-order valence-corrected chi connectivity index (χ1v) is 6.15. The SMILES string of the molecule is CCn1ncnc1-c1cc2ccccc2nc1OC. The van der Waals surface area contributed by atoms with E-state index >= 15 is 0 Å². The fraction of sp³-hybridized carbons (Fsp3) is 0.214. The van der Waals surface area contributed by atoms with Gasteiger partial charge < -0.3 is 4.74 Å². The molecule has 3 rings (SSSR count). The summed E-state index contributed by atoms with van der Waals surface area (Å²) in [5.74, 6) is 1.35. The van der Waals surface area contributed by atoms with Gasteiger partial charge >= 0.3 is 0 Å². The second-order valence-corrected chi connectivity index (χ2v) is 4.14. The number of pyridine rings is 1. The van der Waals surface area contributed by atoms with Crippen LogP contribution in [0.25, 0.3) is 22.3 Å². The first-order valence-electron chi connectivity index (χ1n) is 6.15. The van der Waals surface area contributed by atoms with E-state index in [1.165, 1.54) is 0 Å². The fourth-order valence-electron chi connectivity index (χ4n) is 2.12. The van der Waals surface area contributed by atoms with Gasteiger partial charge in [0.2, 0.25) is 5.88 Å². The van der Waals surface area contributed by atoms with E-state index in [2.05, 4.69) is 15.1 Å². The van der Waals surface area contributed by atoms with Crippen molar-refractivity contribution in [1.82, 2.24) is 19.7 Å². The number of para-hydroxylation sites is 1. The molecule has 0 radical (unpaired) electrons. The van der Waals surface area contributed by atoms with Gasteiger partial charge in [-0.1, -0.05) is 18.2 Å². The highest BCUT2D eigenvalue weighted by Crippen LogP contribution is 2.29. The van der Waals surface area contributed by atoms with Gasteiger partial charge in [0.15, 0.2) is 5.82 Å². The second-order valence-electron chi connectivity index (χ2n) is 4.14. The van der Waals surface area contributed by atoms with Crippen molar-refractivity contribution in [1.29, 1.82) is 0 Å². The van der Waals surface area contributed by atoms with Crippen molar-refractivity contribution < 1.29 is 4.74 Å². The molecule has 5 heteroatoms. The Labute approximate surface area is 110 Å². The number of aryl methyl sites for hydroxylation is 1. The average Bonchev–Trinajstić information content (AvgIpc) is 2.94. The number of methoxy groups -OCH3 is 1. The summed E-state index contributed by atoms with van der Waals surface area (Å²) < 4.78 is 7.21. The van der Waals surface area contributed by atoms with E-state index in [4.69, 9.17) is 4.74 Å².